The van der Waals surface area contributed by atoms with E-state index in [1.54, 1.807) is 11.3 Å². The molecule has 1 unspecified atom stereocenters. The van der Waals surface area contributed by atoms with Gasteiger partial charge in [-0.15, -0.1) is 22.9 Å². The molecule has 0 bridgehead atoms. The standard InChI is InChI=1S/C16H19ClOS/c1-4-12-8-9-19-16(12)15(17)13-10-11(3)6-7-14(13)18-5-2/h6-10,15H,4-5H2,1-3H3. The molecule has 0 amide bonds. The Morgan fingerprint density at radius 1 is 1.26 bits per heavy atom. The van der Waals surface area contributed by atoms with Crippen LogP contribution in [0.3, 0.4) is 0 Å². The molecule has 102 valence electrons. The van der Waals surface area contributed by atoms with E-state index in [2.05, 4.69) is 37.4 Å². The number of aryl methyl sites for hydroxylation is 2. The van der Waals surface area contributed by atoms with Crippen LogP contribution < -0.4 is 4.74 Å². The van der Waals surface area contributed by atoms with E-state index < -0.39 is 0 Å². The van der Waals surface area contributed by atoms with Crippen molar-refractivity contribution in [3.63, 3.8) is 0 Å². The van der Waals surface area contributed by atoms with Gasteiger partial charge in [0.1, 0.15) is 5.75 Å². The molecule has 0 N–H and O–H groups in total. The molecule has 1 nitrogen and oxygen atoms in total. The topological polar surface area (TPSA) is 9.23 Å². The lowest BCUT2D eigenvalue weighted by atomic mass is 10.0. The summed E-state index contributed by atoms with van der Waals surface area (Å²) < 4.78 is 5.70. The Balaban J connectivity index is 2.42. The zero-order valence-corrected chi connectivity index (χ0v) is 13.1. The second-order valence-corrected chi connectivity index (χ2v) is 5.88. The number of ether oxygens (including phenoxy) is 1. The van der Waals surface area contributed by atoms with Crippen molar-refractivity contribution in [3.8, 4) is 5.75 Å². The molecular weight excluding hydrogens is 276 g/mol. The Kier molecular flexibility index (Phi) is 4.89. The lowest BCUT2D eigenvalue weighted by Crippen LogP contribution is -2.01. The van der Waals surface area contributed by atoms with Crippen LogP contribution in [-0.2, 0) is 6.42 Å². The molecule has 1 heterocycles. The fourth-order valence-corrected chi connectivity index (χ4v) is 3.61. The maximum atomic E-state index is 6.70. The third kappa shape index (κ3) is 3.13. The second kappa shape index (κ2) is 6.44. The highest BCUT2D eigenvalue weighted by atomic mass is 35.5. The molecule has 1 aromatic carbocycles. The van der Waals surface area contributed by atoms with Crippen LogP contribution in [0.2, 0.25) is 0 Å². The van der Waals surface area contributed by atoms with Crippen molar-refractivity contribution in [1.82, 2.24) is 0 Å². The van der Waals surface area contributed by atoms with Crippen molar-refractivity contribution in [2.45, 2.75) is 32.6 Å². The van der Waals surface area contributed by atoms with Gasteiger partial charge in [-0.1, -0.05) is 24.6 Å². The van der Waals surface area contributed by atoms with Crippen LogP contribution in [0.1, 0.15) is 40.8 Å². The minimum Gasteiger partial charge on any atom is -0.494 e. The van der Waals surface area contributed by atoms with Crippen molar-refractivity contribution < 1.29 is 4.74 Å². The smallest absolute Gasteiger partial charge is 0.124 e. The second-order valence-electron chi connectivity index (χ2n) is 4.50. The highest BCUT2D eigenvalue weighted by Gasteiger charge is 2.19. The summed E-state index contributed by atoms with van der Waals surface area (Å²) >= 11 is 8.42. The molecule has 1 aromatic heterocycles. The zero-order chi connectivity index (χ0) is 13.8. The number of hydrogen-bond donors (Lipinski definition) is 0. The molecular formula is C16H19ClOS. The summed E-state index contributed by atoms with van der Waals surface area (Å²) in [4.78, 5) is 1.23. The monoisotopic (exact) mass is 294 g/mol. The molecule has 2 rings (SSSR count). The lowest BCUT2D eigenvalue weighted by molar-refractivity contribution is 0.337. The first kappa shape index (κ1) is 14.4. The Hall–Kier alpha value is -0.990. The first-order valence-corrected chi connectivity index (χ1v) is 7.92. The van der Waals surface area contributed by atoms with E-state index in [1.165, 1.54) is 16.0 Å². The first-order chi connectivity index (χ1) is 9.17. The molecule has 0 aliphatic heterocycles. The molecule has 0 radical (unpaired) electrons. The van der Waals surface area contributed by atoms with Crippen LogP contribution in [-0.4, -0.2) is 6.61 Å². The summed E-state index contributed by atoms with van der Waals surface area (Å²) in [5.74, 6) is 0.892. The molecule has 2 aromatic rings. The number of alkyl halides is 1. The van der Waals surface area contributed by atoms with E-state index in [4.69, 9.17) is 16.3 Å². The summed E-state index contributed by atoms with van der Waals surface area (Å²) in [7, 11) is 0. The van der Waals surface area contributed by atoms with Gasteiger partial charge in [-0.2, -0.15) is 0 Å². The first-order valence-electron chi connectivity index (χ1n) is 6.61. The third-order valence-corrected chi connectivity index (χ3v) is 4.74. The highest BCUT2D eigenvalue weighted by Crippen LogP contribution is 2.39. The van der Waals surface area contributed by atoms with E-state index in [1.807, 2.05) is 13.0 Å². The van der Waals surface area contributed by atoms with Crippen molar-refractivity contribution in [2.24, 2.45) is 0 Å². The van der Waals surface area contributed by atoms with Gasteiger partial charge in [0.05, 0.1) is 12.0 Å². The van der Waals surface area contributed by atoms with E-state index in [-0.39, 0.29) is 5.38 Å². The SMILES string of the molecule is CCOc1ccc(C)cc1C(Cl)c1sccc1CC. The van der Waals surface area contributed by atoms with Gasteiger partial charge >= 0.3 is 0 Å². The normalized spacial score (nSPS) is 12.4. The Bertz CT molecular complexity index is 547. The molecule has 0 aliphatic rings. The quantitative estimate of drug-likeness (QED) is 0.676. The van der Waals surface area contributed by atoms with Gasteiger partial charge in [-0.3, -0.25) is 0 Å². The van der Waals surface area contributed by atoms with Crippen molar-refractivity contribution in [2.75, 3.05) is 6.61 Å². The minimum absolute atomic E-state index is 0.128. The summed E-state index contributed by atoms with van der Waals surface area (Å²) in [5, 5.41) is 1.98. The molecule has 0 spiro atoms. The van der Waals surface area contributed by atoms with Crippen LogP contribution in [0.5, 0.6) is 5.75 Å². The van der Waals surface area contributed by atoms with E-state index >= 15 is 0 Å². The average Bonchev–Trinajstić information content (AvgIpc) is 2.88. The third-order valence-electron chi connectivity index (χ3n) is 3.13. The fourth-order valence-electron chi connectivity index (χ4n) is 2.16. The van der Waals surface area contributed by atoms with Crippen LogP contribution in [0, 0.1) is 6.92 Å². The maximum Gasteiger partial charge on any atom is 0.124 e. The van der Waals surface area contributed by atoms with Crippen LogP contribution >= 0.6 is 22.9 Å². The molecule has 0 aliphatic carbocycles. The maximum absolute atomic E-state index is 6.70. The van der Waals surface area contributed by atoms with Gasteiger partial charge < -0.3 is 4.74 Å². The van der Waals surface area contributed by atoms with Gasteiger partial charge in [-0.25, -0.2) is 0 Å². The van der Waals surface area contributed by atoms with Gasteiger partial charge in [0, 0.05) is 10.4 Å². The van der Waals surface area contributed by atoms with Crippen molar-refractivity contribution in [1.29, 1.82) is 0 Å². The van der Waals surface area contributed by atoms with Crippen LogP contribution in [0.25, 0.3) is 0 Å². The fraction of sp³-hybridized carbons (Fsp3) is 0.375. The highest BCUT2D eigenvalue weighted by molar-refractivity contribution is 7.10. The summed E-state index contributed by atoms with van der Waals surface area (Å²) in [6.07, 6.45) is 1.01. The van der Waals surface area contributed by atoms with Crippen molar-refractivity contribution >= 4 is 22.9 Å². The molecule has 0 saturated carbocycles. The van der Waals surface area contributed by atoms with E-state index in [0.29, 0.717) is 6.61 Å². The predicted molar refractivity (Wildman–Crippen MR) is 83.7 cm³/mol. The van der Waals surface area contributed by atoms with Crippen molar-refractivity contribution in [3.05, 3.63) is 51.2 Å². The molecule has 1 atom stereocenters. The Morgan fingerprint density at radius 2 is 2.05 bits per heavy atom. The number of rotatable bonds is 5. The summed E-state index contributed by atoms with van der Waals surface area (Å²) in [6.45, 7) is 6.90. The Morgan fingerprint density at radius 3 is 2.74 bits per heavy atom. The summed E-state index contributed by atoms with van der Waals surface area (Å²) in [6, 6.07) is 8.36. The molecule has 0 saturated heterocycles. The van der Waals surface area contributed by atoms with Gasteiger partial charge in [0.2, 0.25) is 0 Å². The zero-order valence-electron chi connectivity index (χ0n) is 11.6. The molecule has 0 fully saturated rings. The summed E-state index contributed by atoms with van der Waals surface area (Å²) in [5.41, 5.74) is 3.60. The van der Waals surface area contributed by atoms with Gasteiger partial charge in [0.25, 0.3) is 0 Å². The van der Waals surface area contributed by atoms with Crippen LogP contribution in [0.15, 0.2) is 29.6 Å². The predicted octanol–water partition coefficient (Wildman–Crippen LogP) is 5.35. The van der Waals surface area contributed by atoms with Crippen LogP contribution in [0.4, 0.5) is 0 Å². The largest absolute Gasteiger partial charge is 0.494 e. The van der Waals surface area contributed by atoms with Gasteiger partial charge in [0.15, 0.2) is 0 Å². The number of hydrogen-bond acceptors (Lipinski definition) is 2. The lowest BCUT2D eigenvalue weighted by Gasteiger charge is -2.16. The average molecular weight is 295 g/mol. The molecule has 3 heteroatoms. The van der Waals surface area contributed by atoms with E-state index in [0.717, 1.165) is 17.7 Å². The van der Waals surface area contributed by atoms with E-state index in [9.17, 15) is 0 Å². The Labute approximate surface area is 124 Å². The molecule has 19 heavy (non-hydrogen) atoms. The minimum atomic E-state index is -0.128. The number of thiophene rings is 1. The number of halogens is 1. The van der Waals surface area contributed by atoms with Gasteiger partial charge in [-0.05, 0) is 43.3 Å². The number of benzene rings is 1.